The van der Waals surface area contributed by atoms with Gasteiger partial charge >= 0.3 is 12.1 Å². The Morgan fingerprint density at radius 1 is 1.07 bits per heavy atom. The molecule has 1 saturated heterocycles. The SMILES string of the molecule is Cc1oc(-c2ccccc2)nc1CCOc1ccc(C[C@@H]2CN(c3nccc(C(F)(F)F)n3)C[C@H]2C(=O)O)cc1. The van der Waals surface area contributed by atoms with Crippen molar-refractivity contribution in [1.29, 1.82) is 0 Å². The molecule has 2 aromatic carbocycles. The van der Waals surface area contributed by atoms with Crippen molar-refractivity contribution < 1.29 is 32.2 Å². The lowest BCUT2D eigenvalue weighted by Gasteiger charge is -2.17. The van der Waals surface area contributed by atoms with E-state index in [0.717, 1.165) is 34.8 Å². The fourth-order valence-corrected chi connectivity index (χ4v) is 4.83. The Kier molecular flexibility index (Phi) is 7.72. The number of carboxylic acid groups (broad SMARTS) is 1. The van der Waals surface area contributed by atoms with Crippen LogP contribution in [0.3, 0.4) is 0 Å². The predicted octanol–water partition coefficient (Wildman–Crippen LogP) is 5.46. The summed E-state index contributed by atoms with van der Waals surface area (Å²) in [6.45, 7) is 2.54. The third kappa shape index (κ3) is 6.24. The fraction of sp³-hybridized carbons (Fsp3) is 0.310. The number of aryl methyl sites for hydroxylation is 1. The summed E-state index contributed by atoms with van der Waals surface area (Å²) < 4.78 is 50.9. The van der Waals surface area contributed by atoms with E-state index in [1.165, 1.54) is 4.90 Å². The molecule has 0 saturated carbocycles. The van der Waals surface area contributed by atoms with Gasteiger partial charge in [-0.3, -0.25) is 4.79 Å². The molecule has 1 aliphatic heterocycles. The van der Waals surface area contributed by atoms with Crippen molar-refractivity contribution in [3.05, 3.63) is 89.6 Å². The molecule has 3 heterocycles. The zero-order valence-corrected chi connectivity index (χ0v) is 21.6. The van der Waals surface area contributed by atoms with E-state index in [-0.39, 0.29) is 25.0 Å². The summed E-state index contributed by atoms with van der Waals surface area (Å²) >= 11 is 0. The van der Waals surface area contributed by atoms with E-state index >= 15 is 0 Å². The van der Waals surface area contributed by atoms with E-state index in [2.05, 4.69) is 15.0 Å². The van der Waals surface area contributed by atoms with E-state index in [9.17, 15) is 23.1 Å². The van der Waals surface area contributed by atoms with Crippen LogP contribution in [0.4, 0.5) is 19.1 Å². The number of alkyl halides is 3. The second-order valence-electron chi connectivity index (χ2n) is 9.68. The van der Waals surface area contributed by atoms with Gasteiger partial charge in [0.1, 0.15) is 17.2 Å². The predicted molar refractivity (Wildman–Crippen MR) is 140 cm³/mol. The van der Waals surface area contributed by atoms with Crippen LogP contribution < -0.4 is 9.64 Å². The second kappa shape index (κ2) is 11.4. The van der Waals surface area contributed by atoms with E-state index in [1.54, 1.807) is 0 Å². The number of halogens is 3. The van der Waals surface area contributed by atoms with Gasteiger partial charge in [-0.1, -0.05) is 30.3 Å². The number of benzene rings is 2. The van der Waals surface area contributed by atoms with Crippen molar-refractivity contribution in [2.75, 3.05) is 24.6 Å². The van der Waals surface area contributed by atoms with E-state index < -0.39 is 23.8 Å². The molecule has 40 heavy (non-hydrogen) atoms. The van der Waals surface area contributed by atoms with Crippen molar-refractivity contribution in [2.24, 2.45) is 11.8 Å². The van der Waals surface area contributed by atoms with Gasteiger partial charge < -0.3 is 19.2 Å². The summed E-state index contributed by atoms with van der Waals surface area (Å²) in [6, 6.07) is 17.8. The van der Waals surface area contributed by atoms with Gasteiger partial charge in [-0.2, -0.15) is 13.2 Å². The smallest absolute Gasteiger partial charge is 0.433 e. The standard InChI is InChI=1S/C29H27F3N4O4/c1-18-24(34-26(40-18)20-5-3-2-4-6-20)12-14-39-22-9-7-19(8-10-22)15-21-16-36(17-23(21)27(37)38)28-33-13-11-25(35-28)29(30,31)32/h2-11,13,21,23H,12,14-17H2,1H3,(H,37,38)/t21-,23-/m1/s1. The Balaban J connectivity index is 1.18. The Hall–Kier alpha value is -4.41. The van der Waals surface area contributed by atoms with Gasteiger partial charge in [0.15, 0.2) is 0 Å². The molecule has 11 heteroatoms. The molecule has 1 fully saturated rings. The highest BCUT2D eigenvalue weighted by molar-refractivity contribution is 5.72. The summed E-state index contributed by atoms with van der Waals surface area (Å²) in [5, 5.41) is 9.75. The first-order valence-corrected chi connectivity index (χ1v) is 12.8. The normalized spacial score (nSPS) is 17.2. The molecular formula is C29H27F3N4O4. The minimum absolute atomic E-state index is 0.0377. The van der Waals surface area contributed by atoms with Crippen LogP contribution in [-0.2, 0) is 23.8 Å². The van der Waals surface area contributed by atoms with E-state index in [4.69, 9.17) is 9.15 Å². The zero-order valence-electron chi connectivity index (χ0n) is 21.6. The molecule has 0 radical (unpaired) electrons. The topological polar surface area (TPSA) is 102 Å². The van der Waals surface area contributed by atoms with Crippen LogP contribution in [0.5, 0.6) is 5.75 Å². The number of hydrogen-bond acceptors (Lipinski definition) is 7. The Labute approximate surface area is 228 Å². The van der Waals surface area contributed by atoms with Gasteiger partial charge in [-0.25, -0.2) is 15.0 Å². The summed E-state index contributed by atoms with van der Waals surface area (Å²) in [5.41, 5.74) is 1.57. The highest BCUT2D eigenvalue weighted by Crippen LogP contribution is 2.32. The minimum atomic E-state index is -4.61. The summed E-state index contributed by atoms with van der Waals surface area (Å²) in [4.78, 5) is 25.6. The number of carbonyl (C=O) groups is 1. The van der Waals surface area contributed by atoms with Gasteiger partial charge in [0, 0.05) is 31.3 Å². The number of nitrogens with zero attached hydrogens (tertiary/aromatic N) is 4. The van der Waals surface area contributed by atoms with Crippen LogP contribution in [0, 0.1) is 18.8 Å². The molecule has 0 unspecified atom stereocenters. The first-order valence-electron chi connectivity index (χ1n) is 12.8. The van der Waals surface area contributed by atoms with Crippen molar-refractivity contribution in [3.63, 3.8) is 0 Å². The number of hydrogen-bond donors (Lipinski definition) is 1. The summed E-state index contributed by atoms with van der Waals surface area (Å²) in [6.07, 6.45) is -2.56. The number of aromatic nitrogens is 3. The zero-order chi connectivity index (χ0) is 28.3. The molecule has 8 nitrogen and oxygen atoms in total. The second-order valence-corrected chi connectivity index (χ2v) is 9.68. The van der Waals surface area contributed by atoms with Crippen LogP contribution in [-0.4, -0.2) is 45.7 Å². The molecule has 0 bridgehead atoms. The number of oxazole rings is 1. The third-order valence-corrected chi connectivity index (χ3v) is 6.92. The minimum Gasteiger partial charge on any atom is -0.493 e. The number of anilines is 1. The molecule has 2 aromatic heterocycles. The molecule has 5 rings (SSSR count). The number of aliphatic carboxylic acids is 1. The lowest BCUT2D eigenvalue weighted by molar-refractivity contribution is -0.142. The van der Waals surface area contributed by atoms with Crippen molar-refractivity contribution in [2.45, 2.75) is 25.9 Å². The third-order valence-electron chi connectivity index (χ3n) is 6.92. The number of rotatable bonds is 9. The van der Waals surface area contributed by atoms with Crippen LogP contribution in [0.2, 0.25) is 0 Å². The van der Waals surface area contributed by atoms with Crippen molar-refractivity contribution >= 4 is 11.9 Å². The van der Waals surface area contributed by atoms with Gasteiger partial charge in [0.25, 0.3) is 0 Å². The van der Waals surface area contributed by atoms with E-state index in [0.29, 0.717) is 31.1 Å². The molecule has 0 spiro atoms. The quantitative estimate of drug-likeness (QED) is 0.292. The first kappa shape index (κ1) is 27.2. The molecule has 1 aliphatic rings. The maximum atomic E-state index is 13.1. The van der Waals surface area contributed by atoms with E-state index in [1.807, 2.05) is 61.5 Å². The van der Waals surface area contributed by atoms with Crippen LogP contribution in [0.25, 0.3) is 11.5 Å². The monoisotopic (exact) mass is 552 g/mol. The summed E-state index contributed by atoms with van der Waals surface area (Å²) in [7, 11) is 0. The molecule has 1 N–H and O–H groups in total. The number of carboxylic acids is 1. The largest absolute Gasteiger partial charge is 0.493 e. The highest BCUT2D eigenvalue weighted by atomic mass is 19.4. The molecular weight excluding hydrogens is 525 g/mol. The molecule has 0 amide bonds. The maximum absolute atomic E-state index is 13.1. The van der Waals surface area contributed by atoms with Gasteiger partial charge in [-0.15, -0.1) is 0 Å². The van der Waals surface area contributed by atoms with Gasteiger partial charge in [-0.05, 0) is 55.2 Å². The molecule has 4 aromatic rings. The van der Waals surface area contributed by atoms with Gasteiger partial charge in [0.05, 0.1) is 18.2 Å². The van der Waals surface area contributed by atoms with Crippen LogP contribution in [0.1, 0.15) is 22.7 Å². The van der Waals surface area contributed by atoms with Crippen LogP contribution >= 0.6 is 0 Å². The average Bonchev–Trinajstić information content (AvgIpc) is 3.53. The molecule has 2 atom stereocenters. The van der Waals surface area contributed by atoms with Crippen LogP contribution in [0.15, 0.2) is 71.3 Å². The summed E-state index contributed by atoms with van der Waals surface area (Å²) in [5.74, 6) is -0.233. The van der Waals surface area contributed by atoms with Crippen molar-refractivity contribution in [3.8, 4) is 17.2 Å². The molecule has 0 aliphatic carbocycles. The molecule has 208 valence electrons. The average molecular weight is 553 g/mol. The Morgan fingerprint density at radius 3 is 2.52 bits per heavy atom. The van der Waals surface area contributed by atoms with Gasteiger partial charge in [0.2, 0.25) is 11.8 Å². The fourth-order valence-electron chi connectivity index (χ4n) is 4.83. The number of ether oxygens (including phenoxy) is 1. The Morgan fingerprint density at radius 2 is 1.82 bits per heavy atom. The lowest BCUT2D eigenvalue weighted by atomic mass is 9.90. The Bertz CT molecular complexity index is 1460. The van der Waals surface area contributed by atoms with Crippen molar-refractivity contribution in [1.82, 2.24) is 15.0 Å². The lowest BCUT2D eigenvalue weighted by Crippen LogP contribution is -2.25. The first-order chi connectivity index (χ1) is 19.2. The highest BCUT2D eigenvalue weighted by Gasteiger charge is 2.40. The maximum Gasteiger partial charge on any atom is 0.433 e.